The second-order valence-electron chi connectivity index (χ2n) is 4.98. The first-order chi connectivity index (χ1) is 10.3. The molecule has 1 N–H and O–H groups in total. The molecular formula is C17H13N3O. The average molecular weight is 275 g/mol. The minimum Gasteiger partial charge on any atom is -0.383 e. The van der Waals surface area contributed by atoms with Gasteiger partial charge >= 0.3 is 0 Å². The summed E-state index contributed by atoms with van der Waals surface area (Å²) in [6.07, 6.45) is 6.44. The van der Waals surface area contributed by atoms with E-state index in [1.165, 1.54) is 0 Å². The van der Waals surface area contributed by atoms with Crippen LogP contribution in [0.25, 0.3) is 16.3 Å². The molecule has 0 bridgehead atoms. The molecule has 3 aromatic heterocycles. The number of aliphatic hydroxyl groups excluding tert-OH is 1. The highest BCUT2D eigenvalue weighted by Crippen LogP contribution is 2.30. The second kappa shape index (κ2) is 4.68. The third-order valence-corrected chi connectivity index (χ3v) is 3.76. The van der Waals surface area contributed by atoms with Crippen molar-refractivity contribution in [2.45, 2.75) is 6.10 Å². The molecule has 102 valence electrons. The Hall–Kier alpha value is -2.72. The molecule has 0 radical (unpaired) electrons. The van der Waals surface area contributed by atoms with E-state index in [1.54, 1.807) is 16.9 Å². The quantitative estimate of drug-likeness (QED) is 0.612. The first-order valence-corrected chi connectivity index (χ1v) is 6.77. The van der Waals surface area contributed by atoms with Crippen molar-refractivity contribution in [3.8, 4) is 0 Å². The van der Waals surface area contributed by atoms with Gasteiger partial charge < -0.3 is 5.11 Å². The molecule has 0 saturated carbocycles. The SMILES string of the molecule is OC(c1cccc2cnccc12)c1cnn2ccccc12. The van der Waals surface area contributed by atoms with Gasteiger partial charge in [0.05, 0.1) is 11.7 Å². The zero-order valence-electron chi connectivity index (χ0n) is 11.2. The van der Waals surface area contributed by atoms with Crippen molar-refractivity contribution in [1.82, 2.24) is 14.6 Å². The molecule has 0 aliphatic heterocycles. The summed E-state index contributed by atoms with van der Waals surface area (Å²) in [5, 5.41) is 17.1. The van der Waals surface area contributed by atoms with Crippen LogP contribution in [-0.2, 0) is 0 Å². The summed E-state index contributed by atoms with van der Waals surface area (Å²) in [6, 6.07) is 13.6. The molecule has 4 heteroatoms. The molecule has 3 heterocycles. The zero-order chi connectivity index (χ0) is 14.2. The lowest BCUT2D eigenvalue weighted by Crippen LogP contribution is -2.00. The highest BCUT2D eigenvalue weighted by Gasteiger charge is 2.17. The summed E-state index contributed by atoms with van der Waals surface area (Å²) in [6.45, 7) is 0. The fraction of sp³-hybridized carbons (Fsp3) is 0.0588. The molecule has 4 nitrogen and oxygen atoms in total. The Balaban J connectivity index is 1.92. The van der Waals surface area contributed by atoms with Crippen molar-refractivity contribution in [3.63, 3.8) is 0 Å². The van der Waals surface area contributed by atoms with Crippen LogP contribution in [0.5, 0.6) is 0 Å². The number of aromatic nitrogens is 3. The monoisotopic (exact) mass is 275 g/mol. The Labute approximate surface area is 121 Å². The van der Waals surface area contributed by atoms with Gasteiger partial charge in [0, 0.05) is 29.5 Å². The van der Waals surface area contributed by atoms with Gasteiger partial charge in [0.25, 0.3) is 0 Å². The predicted molar refractivity (Wildman–Crippen MR) is 81.0 cm³/mol. The van der Waals surface area contributed by atoms with Gasteiger partial charge in [-0.15, -0.1) is 0 Å². The second-order valence-corrected chi connectivity index (χ2v) is 4.98. The van der Waals surface area contributed by atoms with Crippen LogP contribution in [-0.4, -0.2) is 19.7 Å². The Kier molecular flexibility index (Phi) is 2.69. The van der Waals surface area contributed by atoms with E-state index < -0.39 is 6.10 Å². The van der Waals surface area contributed by atoms with Crippen molar-refractivity contribution < 1.29 is 5.11 Å². The van der Waals surface area contributed by atoms with E-state index in [2.05, 4.69) is 10.1 Å². The van der Waals surface area contributed by atoms with Crippen LogP contribution in [0.4, 0.5) is 0 Å². The standard InChI is InChI=1S/C17H13N3O/c21-17(15-11-19-20-9-2-1-6-16(15)20)14-5-3-4-12-10-18-8-7-13(12)14/h1-11,17,21H. The maximum atomic E-state index is 10.8. The molecule has 0 saturated heterocycles. The Morgan fingerprint density at radius 3 is 2.86 bits per heavy atom. The van der Waals surface area contributed by atoms with Crippen LogP contribution in [0.2, 0.25) is 0 Å². The van der Waals surface area contributed by atoms with Crippen LogP contribution < -0.4 is 0 Å². The number of rotatable bonds is 2. The number of benzene rings is 1. The predicted octanol–water partition coefficient (Wildman–Crippen LogP) is 2.96. The largest absolute Gasteiger partial charge is 0.383 e. The Morgan fingerprint density at radius 1 is 0.952 bits per heavy atom. The number of fused-ring (bicyclic) bond motifs is 2. The van der Waals surface area contributed by atoms with E-state index in [0.717, 1.165) is 27.4 Å². The number of hydrogen-bond acceptors (Lipinski definition) is 3. The van der Waals surface area contributed by atoms with E-state index in [4.69, 9.17) is 0 Å². The van der Waals surface area contributed by atoms with Crippen LogP contribution in [0, 0.1) is 0 Å². The van der Waals surface area contributed by atoms with Crippen LogP contribution in [0.1, 0.15) is 17.2 Å². The number of pyridine rings is 2. The fourth-order valence-corrected chi connectivity index (χ4v) is 2.72. The van der Waals surface area contributed by atoms with Gasteiger partial charge in [-0.25, -0.2) is 4.52 Å². The molecule has 0 amide bonds. The van der Waals surface area contributed by atoms with Crippen molar-refractivity contribution in [3.05, 3.63) is 78.4 Å². The summed E-state index contributed by atoms with van der Waals surface area (Å²) in [5.74, 6) is 0. The van der Waals surface area contributed by atoms with Gasteiger partial charge in [-0.2, -0.15) is 5.10 Å². The third kappa shape index (κ3) is 1.88. The summed E-state index contributed by atoms with van der Waals surface area (Å²) >= 11 is 0. The third-order valence-electron chi connectivity index (χ3n) is 3.76. The van der Waals surface area contributed by atoms with Gasteiger partial charge in [-0.05, 0) is 29.1 Å². The van der Waals surface area contributed by atoms with Crippen LogP contribution in [0.3, 0.4) is 0 Å². The van der Waals surface area contributed by atoms with Gasteiger partial charge in [0.15, 0.2) is 0 Å². The number of aliphatic hydroxyl groups is 1. The molecule has 0 aliphatic carbocycles. The topological polar surface area (TPSA) is 50.4 Å². The summed E-state index contributed by atoms with van der Waals surface area (Å²) in [7, 11) is 0. The van der Waals surface area contributed by atoms with E-state index in [-0.39, 0.29) is 0 Å². The van der Waals surface area contributed by atoms with Crippen molar-refractivity contribution in [2.24, 2.45) is 0 Å². The maximum Gasteiger partial charge on any atom is 0.108 e. The van der Waals surface area contributed by atoms with Crippen molar-refractivity contribution >= 4 is 16.3 Å². The molecular weight excluding hydrogens is 262 g/mol. The molecule has 0 spiro atoms. The van der Waals surface area contributed by atoms with E-state index in [9.17, 15) is 5.11 Å². The van der Waals surface area contributed by atoms with Crippen molar-refractivity contribution in [1.29, 1.82) is 0 Å². The normalized spacial score (nSPS) is 12.8. The molecule has 21 heavy (non-hydrogen) atoms. The van der Waals surface area contributed by atoms with Gasteiger partial charge in [0.1, 0.15) is 6.10 Å². The highest BCUT2D eigenvalue weighted by molar-refractivity contribution is 5.85. The first kappa shape index (κ1) is 12.1. The maximum absolute atomic E-state index is 10.8. The van der Waals surface area contributed by atoms with Gasteiger partial charge in [-0.1, -0.05) is 24.3 Å². The summed E-state index contributed by atoms with van der Waals surface area (Å²) < 4.78 is 1.77. The Bertz CT molecular complexity index is 924. The lowest BCUT2D eigenvalue weighted by atomic mass is 9.97. The van der Waals surface area contributed by atoms with E-state index >= 15 is 0 Å². The van der Waals surface area contributed by atoms with Gasteiger partial charge in [0.2, 0.25) is 0 Å². The minimum atomic E-state index is -0.712. The molecule has 1 atom stereocenters. The highest BCUT2D eigenvalue weighted by atomic mass is 16.3. The van der Waals surface area contributed by atoms with E-state index in [1.807, 2.05) is 54.9 Å². The number of hydrogen-bond donors (Lipinski definition) is 1. The Morgan fingerprint density at radius 2 is 1.90 bits per heavy atom. The fourth-order valence-electron chi connectivity index (χ4n) is 2.72. The lowest BCUT2D eigenvalue weighted by molar-refractivity contribution is 0.223. The van der Waals surface area contributed by atoms with Gasteiger partial charge in [-0.3, -0.25) is 4.98 Å². The van der Waals surface area contributed by atoms with Crippen LogP contribution in [0.15, 0.2) is 67.3 Å². The first-order valence-electron chi connectivity index (χ1n) is 6.77. The lowest BCUT2D eigenvalue weighted by Gasteiger charge is -2.12. The molecule has 4 rings (SSSR count). The smallest absolute Gasteiger partial charge is 0.108 e. The molecule has 0 fully saturated rings. The zero-order valence-corrected chi connectivity index (χ0v) is 11.2. The molecule has 0 aliphatic rings. The average Bonchev–Trinajstić information content (AvgIpc) is 2.98. The summed E-state index contributed by atoms with van der Waals surface area (Å²) in [4.78, 5) is 4.13. The molecule has 1 unspecified atom stereocenters. The number of nitrogens with zero attached hydrogens (tertiary/aromatic N) is 3. The van der Waals surface area contributed by atoms with Crippen LogP contribution >= 0.6 is 0 Å². The van der Waals surface area contributed by atoms with E-state index in [0.29, 0.717) is 0 Å². The summed E-state index contributed by atoms with van der Waals surface area (Å²) in [5.41, 5.74) is 2.59. The molecule has 1 aromatic carbocycles. The van der Waals surface area contributed by atoms with Crippen molar-refractivity contribution in [2.75, 3.05) is 0 Å². The minimum absolute atomic E-state index is 0.712. The molecule has 4 aromatic rings.